The maximum Gasteiger partial charge on any atom is 0.194 e. The summed E-state index contributed by atoms with van der Waals surface area (Å²) in [6.07, 6.45) is 6.31. The van der Waals surface area contributed by atoms with Gasteiger partial charge in [0.05, 0.1) is 19.9 Å². The van der Waals surface area contributed by atoms with Gasteiger partial charge in [-0.2, -0.15) is 0 Å². The van der Waals surface area contributed by atoms with Gasteiger partial charge in [0.25, 0.3) is 0 Å². The van der Waals surface area contributed by atoms with Gasteiger partial charge in [-0.15, -0.1) is 0 Å². The molecule has 2 atom stereocenters. The number of hydrogen-bond acceptors (Lipinski definition) is 2. The summed E-state index contributed by atoms with van der Waals surface area (Å²) in [5.74, 6) is 0. The highest BCUT2D eigenvalue weighted by atomic mass is 16.6. The SMILES string of the molecule is C[N+]1(CC2CO2)C=CN=C1. The highest BCUT2D eigenvalue weighted by molar-refractivity contribution is 5.50. The van der Waals surface area contributed by atoms with Crippen LogP contribution in [0.4, 0.5) is 0 Å². The largest absolute Gasteiger partial charge is 0.367 e. The molecule has 0 bridgehead atoms. The molecule has 0 aromatic rings. The maximum atomic E-state index is 5.12. The van der Waals surface area contributed by atoms with E-state index in [-0.39, 0.29) is 0 Å². The van der Waals surface area contributed by atoms with Crippen molar-refractivity contribution in [2.24, 2.45) is 4.99 Å². The van der Waals surface area contributed by atoms with E-state index >= 15 is 0 Å². The van der Waals surface area contributed by atoms with Crippen molar-refractivity contribution in [2.45, 2.75) is 6.10 Å². The molecule has 0 aromatic heterocycles. The smallest absolute Gasteiger partial charge is 0.194 e. The van der Waals surface area contributed by atoms with Gasteiger partial charge >= 0.3 is 0 Å². The monoisotopic (exact) mass is 139 g/mol. The van der Waals surface area contributed by atoms with Crippen molar-refractivity contribution in [1.29, 1.82) is 0 Å². The average Bonchev–Trinajstić information content (AvgIpc) is 2.56. The summed E-state index contributed by atoms with van der Waals surface area (Å²) in [5.41, 5.74) is 0. The molecule has 0 radical (unpaired) electrons. The van der Waals surface area contributed by atoms with Crippen molar-refractivity contribution in [2.75, 3.05) is 20.2 Å². The summed E-state index contributed by atoms with van der Waals surface area (Å²) >= 11 is 0. The van der Waals surface area contributed by atoms with E-state index in [1.807, 2.05) is 12.5 Å². The van der Waals surface area contributed by atoms with Crippen LogP contribution >= 0.6 is 0 Å². The molecule has 0 spiro atoms. The first-order chi connectivity index (χ1) is 4.79. The molecule has 2 aliphatic heterocycles. The molecule has 54 valence electrons. The van der Waals surface area contributed by atoms with Crippen LogP contribution < -0.4 is 0 Å². The number of epoxide rings is 1. The molecule has 3 nitrogen and oxygen atoms in total. The number of aliphatic imine (C=N–C) groups is 1. The molecule has 0 amide bonds. The fourth-order valence-corrected chi connectivity index (χ4v) is 1.14. The van der Waals surface area contributed by atoms with Crippen molar-refractivity contribution < 1.29 is 9.22 Å². The Kier molecular flexibility index (Phi) is 1.16. The molecule has 3 heteroatoms. The lowest BCUT2D eigenvalue weighted by atomic mass is 10.4. The molecular formula is C7H11N2O+. The van der Waals surface area contributed by atoms with Crippen LogP contribution in [0.15, 0.2) is 17.4 Å². The van der Waals surface area contributed by atoms with E-state index in [0.717, 1.165) is 17.6 Å². The third-order valence-corrected chi connectivity index (χ3v) is 1.82. The molecule has 0 aromatic carbocycles. The molecule has 10 heavy (non-hydrogen) atoms. The van der Waals surface area contributed by atoms with Crippen molar-refractivity contribution in [3.8, 4) is 0 Å². The average molecular weight is 139 g/mol. The molecule has 2 heterocycles. The molecule has 2 aliphatic rings. The summed E-state index contributed by atoms with van der Waals surface area (Å²) in [5, 5.41) is 0. The molecule has 2 rings (SSSR count). The van der Waals surface area contributed by atoms with Crippen molar-refractivity contribution in [3.05, 3.63) is 12.4 Å². The van der Waals surface area contributed by atoms with Gasteiger partial charge in [0.2, 0.25) is 0 Å². The van der Waals surface area contributed by atoms with Crippen LogP contribution in [-0.4, -0.2) is 37.1 Å². The normalized spacial score (nSPS) is 42.7. The Morgan fingerprint density at radius 1 is 1.80 bits per heavy atom. The molecule has 1 saturated heterocycles. The van der Waals surface area contributed by atoms with Gasteiger partial charge in [0, 0.05) is 0 Å². The van der Waals surface area contributed by atoms with Gasteiger partial charge in [0.15, 0.2) is 6.34 Å². The summed E-state index contributed by atoms with van der Waals surface area (Å²) in [6.45, 7) is 1.95. The van der Waals surface area contributed by atoms with Crippen LogP contribution in [-0.2, 0) is 4.74 Å². The standard InChI is InChI=1S/C7H11N2O/c1-9(3-2-8-6-9)4-7-5-10-7/h2-3,6-7H,4-5H2,1H3/q+1. The lowest BCUT2D eigenvalue weighted by molar-refractivity contribution is -0.757. The zero-order valence-electron chi connectivity index (χ0n) is 6.03. The summed E-state index contributed by atoms with van der Waals surface area (Å²) in [4.78, 5) is 4.03. The lowest BCUT2D eigenvalue weighted by Gasteiger charge is -2.19. The van der Waals surface area contributed by atoms with Crippen LogP contribution in [0.1, 0.15) is 0 Å². The number of hydrogen-bond donors (Lipinski definition) is 0. The van der Waals surface area contributed by atoms with E-state index in [1.54, 1.807) is 0 Å². The second kappa shape index (κ2) is 1.90. The Morgan fingerprint density at radius 3 is 3.10 bits per heavy atom. The fraction of sp³-hybridized carbons (Fsp3) is 0.571. The second-order valence-corrected chi connectivity index (χ2v) is 3.05. The lowest BCUT2D eigenvalue weighted by Crippen LogP contribution is -2.38. The second-order valence-electron chi connectivity index (χ2n) is 3.05. The minimum Gasteiger partial charge on any atom is -0.367 e. The quantitative estimate of drug-likeness (QED) is 0.400. The number of rotatable bonds is 2. The van der Waals surface area contributed by atoms with Gasteiger partial charge < -0.3 is 4.74 Å². The Balaban J connectivity index is 1.99. The van der Waals surface area contributed by atoms with Crippen molar-refractivity contribution in [3.63, 3.8) is 0 Å². The van der Waals surface area contributed by atoms with Gasteiger partial charge in [-0.3, -0.25) is 4.48 Å². The van der Waals surface area contributed by atoms with E-state index in [2.05, 4.69) is 18.2 Å². The zero-order valence-corrected chi connectivity index (χ0v) is 6.03. The van der Waals surface area contributed by atoms with Gasteiger partial charge in [0.1, 0.15) is 18.8 Å². The number of quaternary nitrogens is 1. The molecule has 0 saturated carbocycles. The number of likely N-dealkylation sites (N-methyl/N-ethyl adjacent to an activating group) is 1. The van der Waals surface area contributed by atoms with Crippen LogP contribution in [0.25, 0.3) is 0 Å². The van der Waals surface area contributed by atoms with Crippen molar-refractivity contribution in [1.82, 2.24) is 0 Å². The van der Waals surface area contributed by atoms with Crippen LogP contribution in [0, 0.1) is 0 Å². The van der Waals surface area contributed by atoms with Crippen LogP contribution in [0.2, 0.25) is 0 Å². The van der Waals surface area contributed by atoms with Crippen LogP contribution in [0.5, 0.6) is 0 Å². The van der Waals surface area contributed by atoms with Crippen LogP contribution in [0.3, 0.4) is 0 Å². The Hall–Kier alpha value is -0.670. The van der Waals surface area contributed by atoms with E-state index in [4.69, 9.17) is 4.74 Å². The predicted molar refractivity (Wildman–Crippen MR) is 38.4 cm³/mol. The molecule has 0 N–H and O–H groups in total. The fourth-order valence-electron chi connectivity index (χ4n) is 1.14. The van der Waals surface area contributed by atoms with E-state index in [0.29, 0.717) is 6.10 Å². The molecule has 1 fully saturated rings. The van der Waals surface area contributed by atoms with Gasteiger partial charge in [-0.1, -0.05) is 0 Å². The minimum absolute atomic E-state index is 0.471. The number of nitrogens with zero attached hydrogens (tertiary/aromatic N) is 2. The zero-order chi connectivity index (χ0) is 7.03. The molecule has 0 aliphatic carbocycles. The molecule has 2 unspecified atom stereocenters. The topological polar surface area (TPSA) is 24.9 Å². The number of ether oxygens (including phenoxy) is 1. The van der Waals surface area contributed by atoms with E-state index < -0.39 is 0 Å². The minimum atomic E-state index is 0.471. The summed E-state index contributed by atoms with van der Waals surface area (Å²) in [7, 11) is 2.12. The molecular weight excluding hydrogens is 128 g/mol. The van der Waals surface area contributed by atoms with Crippen molar-refractivity contribution >= 4 is 6.34 Å². The highest BCUT2D eigenvalue weighted by Gasteiger charge is 2.33. The first-order valence-electron chi connectivity index (χ1n) is 3.47. The van der Waals surface area contributed by atoms with E-state index in [9.17, 15) is 0 Å². The maximum absolute atomic E-state index is 5.12. The van der Waals surface area contributed by atoms with Gasteiger partial charge in [-0.05, 0) is 0 Å². The first-order valence-corrected chi connectivity index (χ1v) is 3.47. The Bertz CT molecular complexity index is 182. The third-order valence-electron chi connectivity index (χ3n) is 1.82. The summed E-state index contributed by atoms with van der Waals surface area (Å²) in [6, 6.07) is 0. The third kappa shape index (κ3) is 1.10. The Morgan fingerprint density at radius 2 is 2.60 bits per heavy atom. The predicted octanol–water partition coefficient (Wildman–Crippen LogP) is 0.345. The Labute approximate surface area is 60.2 Å². The van der Waals surface area contributed by atoms with Gasteiger partial charge in [-0.25, -0.2) is 4.99 Å². The summed E-state index contributed by atoms with van der Waals surface area (Å²) < 4.78 is 5.92. The first kappa shape index (κ1) is 6.07. The van der Waals surface area contributed by atoms with E-state index in [1.165, 1.54) is 0 Å². The highest BCUT2D eigenvalue weighted by Crippen LogP contribution is 2.16.